The number of carbonyl (C=O) groups is 2. The van der Waals surface area contributed by atoms with E-state index in [4.69, 9.17) is 9.47 Å². The van der Waals surface area contributed by atoms with Crippen LogP contribution in [0.25, 0.3) is 60.6 Å². The van der Waals surface area contributed by atoms with Crippen molar-refractivity contribution in [1.82, 2.24) is 0 Å². The maximum absolute atomic E-state index is 12.2. The summed E-state index contributed by atoms with van der Waals surface area (Å²) in [5.74, 6) is -0.748. The van der Waals surface area contributed by atoms with Gasteiger partial charge in [0.05, 0.1) is 45.6 Å². The van der Waals surface area contributed by atoms with E-state index in [1.54, 1.807) is 34.8 Å². The Morgan fingerprint density at radius 2 is 0.557 bits per heavy atom. The lowest BCUT2D eigenvalue weighted by atomic mass is 9.66. The fourth-order valence-electron chi connectivity index (χ4n) is 17.1. The first-order chi connectivity index (χ1) is 56.1. The highest BCUT2D eigenvalue weighted by molar-refractivity contribution is 9.11. The van der Waals surface area contributed by atoms with Gasteiger partial charge < -0.3 is 9.47 Å². The van der Waals surface area contributed by atoms with E-state index in [0.29, 0.717) is 11.1 Å². The molecule has 0 N–H and O–H groups in total. The molecular formula is C102H105Br5O4S4. The lowest BCUT2D eigenvalue weighted by Gasteiger charge is -2.35. The van der Waals surface area contributed by atoms with Gasteiger partial charge in [0.1, 0.15) is 0 Å². The number of hydrogen-bond acceptors (Lipinski definition) is 8. The Labute approximate surface area is 741 Å². The van der Waals surface area contributed by atoms with Gasteiger partial charge in [-0.15, -0.1) is 45.3 Å². The summed E-state index contributed by atoms with van der Waals surface area (Å²) in [5.41, 5.74) is 22.8. The monoisotopic (exact) mass is 1920 g/mol. The Kier molecular flexibility index (Phi) is 30.9. The quantitative estimate of drug-likeness (QED) is 0.0304. The van der Waals surface area contributed by atoms with Crippen molar-refractivity contribution in [3.05, 3.63) is 312 Å². The summed E-state index contributed by atoms with van der Waals surface area (Å²) < 4.78 is 20.0. The van der Waals surface area contributed by atoms with E-state index in [1.807, 2.05) is 24.3 Å². The van der Waals surface area contributed by atoms with Crippen LogP contribution in [0.4, 0.5) is 0 Å². The van der Waals surface area contributed by atoms with Crippen molar-refractivity contribution in [2.75, 3.05) is 14.2 Å². The highest BCUT2D eigenvalue weighted by Gasteiger charge is 2.54. The number of ether oxygens (including phenoxy) is 2. The number of thiophene rings is 4. The third-order valence-electron chi connectivity index (χ3n) is 23.1. The molecule has 4 nitrogen and oxygen atoms in total. The summed E-state index contributed by atoms with van der Waals surface area (Å²) >= 11 is 25.7. The molecule has 4 heterocycles. The molecule has 0 saturated heterocycles. The van der Waals surface area contributed by atoms with Gasteiger partial charge in [-0.2, -0.15) is 0 Å². The summed E-state index contributed by atoms with van der Waals surface area (Å²) in [5, 5.41) is 0. The van der Waals surface area contributed by atoms with E-state index in [1.165, 1.54) is 256 Å². The number of carbonyl (C=O) groups excluding carboxylic acids is 2. The standard InChI is InChI=1S/C68H74Br2S2.C22H14Br2O4S2.C12H17Br/c1-5-9-13-17-21-47-25-33-51(34-26-47)67(52-35-27-48(28-36-52)22-18-14-10-6-2)59-45-55(69)41-43-57(59)63-61(67)65-66(71-63)62-64(72-65)58-44-42-56(70)46-60(58)68(62,53-37-29-49(30-38-53)23-19-15-11-7-3)54-39-31-50(32-40-54)24-20-16-12-8-4;1-27-21(25)15-7-11(23)3-5-13(15)17-9-19-20(29-17)10-18(30-19)14-6-4-12(24)8-16(14)22(26)28-2;1-2-3-4-5-6-11-7-9-12(13)10-8-11/h25-46H,5-24H2,1-4H3;3-10H,1-2H3;7-10H,2-6H2,1H3. The van der Waals surface area contributed by atoms with Crippen LogP contribution in [-0.4, -0.2) is 26.2 Å². The van der Waals surface area contributed by atoms with Crippen molar-refractivity contribution in [3.63, 3.8) is 0 Å². The van der Waals surface area contributed by atoms with E-state index >= 15 is 0 Å². The van der Waals surface area contributed by atoms with E-state index in [9.17, 15) is 9.59 Å². The highest BCUT2D eigenvalue weighted by Crippen LogP contribution is 2.69. The smallest absolute Gasteiger partial charge is 0.338 e. The first-order valence-electron chi connectivity index (χ1n) is 41.7. The predicted octanol–water partition coefficient (Wildman–Crippen LogP) is 33.7. The maximum atomic E-state index is 12.2. The number of hydrogen-bond donors (Lipinski definition) is 0. The molecule has 15 rings (SSSR count). The number of benzene rings is 9. The van der Waals surface area contributed by atoms with Gasteiger partial charge in [0.15, 0.2) is 0 Å². The second-order valence-corrected chi connectivity index (χ2v) is 39.7. The largest absolute Gasteiger partial charge is 0.465 e. The number of aryl methyl sites for hydroxylation is 5. The van der Waals surface area contributed by atoms with E-state index < -0.39 is 10.8 Å². The first kappa shape index (κ1) is 86.5. The molecule has 115 heavy (non-hydrogen) atoms. The van der Waals surface area contributed by atoms with Crippen LogP contribution < -0.4 is 0 Å². The van der Waals surface area contributed by atoms with Crippen molar-refractivity contribution < 1.29 is 19.1 Å². The number of esters is 2. The van der Waals surface area contributed by atoms with Crippen LogP contribution in [0.15, 0.2) is 229 Å². The van der Waals surface area contributed by atoms with Gasteiger partial charge in [0.25, 0.3) is 0 Å². The lowest BCUT2D eigenvalue weighted by Crippen LogP contribution is -2.29. The molecule has 13 heteroatoms. The fourth-order valence-corrected chi connectivity index (χ4v) is 24.4. The Morgan fingerprint density at radius 1 is 0.296 bits per heavy atom. The fraction of sp³-hybridized carbons (Fsp3) is 0.333. The SMILES string of the molecule is CCCCCCc1ccc(Br)cc1.CCCCCCc1ccc(C2(c3ccc(CCCCCC)cc3)c3cc(Br)ccc3-c3sc4c5c(sc4c32)-c2ccc(Br)cc2C5(c2ccc(CCCCCC)cc2)c2ccc(CCCCCC)cc2)cc1.COC(=O)c1cc(Br)ccc1-c1cc2sc(-c3ccc(Br)cc3C(=O)OC)cc2s1. The second-order valence-electron chi connectivity index (χ2n) is 30.9. The zero-order valence-electron chi connectivity index (χ0n) is 67.5. The normalized spacial score (nSPS) is 12.7. The summed E-state index contributed by atoms with van der Waals surface area (Å²) in [4.78, 5) is 29.3. The van der Waals surface area contributed by atoms with Gasteiger partial charge in [0.2, 0.25) is 0 Å². The van der Waals surface area contributed by atoms with Gasteiger partial charge in [-0.3, -0.25) is 0 Å². The van der Waals surface area contributed by atoms with Crippen LogP contribution in [-0.2, 0) is 52.4 Å². The van der Waals surface area contributed by atoms with Crippen LogP contribution in [0.5, 0.6) is 0 Å². The molecular weight excluding hydrogens is 1820 g/mol. The molecule has 0 spiro atoms. The van der Waals surface area contributed by atoms with Crippen LogP contribution in [0.3, 0.4) is 0 Å². The van der Waals surface area contributed by atoms with Gasteiger partial charge >= 0.3 is 11.9 Å². The van der Waals surface area contributed by atoms with E-state index in [0.717, 1.165) is 73.9 Å². The minimum atomic E-state index is -0.503. The Bertz CT molecular complexity index is 4990. The van der Waals surface area contributed by atoms with Gasteiger partial charge in [-0.25, -0.2) is 9.59 Å². The number of unbranched alkanes of at least 4 members (excludes halogenated alkanes) is 15. The summed E-state index contributed by atoms with van der Waals surface area (Å²) in [7, 11) is 2.76. The third kappa shape index (κ3) is 19.3. The zero-order valence-corrected chi connectivity index (χ0v) is 78.7. The van der Waals surface area contributed by atoms with Crippen molar-refractivity contribution in [1.29, 1.82) is 0 Å². The molecule has 596 valence electrons. The molecule has 0 unspecified atom stereocenters. The van der Waals surface area contributed by atoms with Gasteiger partial charge in [-0.05, 0) is 209 Å². The molecule has 2 aliphatic carbocycles. The highest BCUT2D eigenvalue weighted by atomic mass is 79.9. The van der Waals surface area contributed by atoms with E-state index in [-0.39, 0.29) is 11.9 Å². The number of methoxy groups -OCH3 is 2. The Hall–Kier alpha value is -6.36. The molecule has 0 saturated carbocycles. The molecule has 0 radical (unpaired) electrons. The summed E-state index contributed by atoms with van der Waals surface area (Å²) in [6.45, 7) is 11.5. The van der Waals surface area contributed by atoms with Gasteiger partial charge in [0, 0.05) is 73.5 Å². The third-order valence-corrected chi connectivity index (χ3v) is 30.6. The number of rotatable bonds is 33. The molecule has 4 aromatic heterocycles. The molecule has 2 aliphatic rings. The lowest BCUT2D eigenvalue weighted by molar-refractivity contribution is 0.0592. The van der Waals surface area contributed by atoms with Crippen molar-refractivity contribution >= 4 is 156 Å². The summed E-state index contributed by atoms with van der Waals surface area (Å²) in [6, 6.07) is 78.0. The average Bonchev–Trinajstić information content (AvgIpc) is 1.49. The first-order valence-corrected chi connectivity index (χ1v) is 49.0. The van der Waals surface area contributed by atoms with Crippen molar-refractivity contribution in [2.24, 2.45) is 0 Å². The molecule has 0 atom stereocenters. The molecule has 13 aromatic rings. The molecule has 9 aromatic carbocycles. The number of halogens is 5. The van der Waals surface area contributed by atoms with Crippen LogP contribution in [0.2, 0.25) is 0 Å². The molecule has 0 fully saturated rings. The molecule has 0 bridgehead atoms. The minimum Gasteiger partial charge on any atom is -0.465 e. The van der Waals surface area contributed by atoms with Gasteiger partial charge in [-0.1, -0.05) is 344 Å². The average molecular weight is 1920 g/mol. The topological polar surface area (TPSA) is 52.6 Å². The maximum Gasteiger partial charge on any atom is 0.338 e. The van der Waals surface area contributed by atoms with Crippen LogP contribution in [0, 0.1) is 0 Å². The molecule has 0 amide bonds. The van der Waals surface area contributed by atoms with Crippen LogP contribution in [0.1, 0.15) is 256 Å². The number of fused-ring (bicyclic) bond motifs is 10. The summed E-state index contributed by atoms with van der Waals surface area (Å²) in [6.07, 6.45) is 31.6. The minimum absolute atomic E-state index is 0.374. The second kappa shape index (κ2) is 41.1. The van der Waals surface area contributed by atoms with Crippen molar-refractivity contribution in [3.8, 4) is 41.8 Å². The molecule has 0 aliphatic heterocycles. The van der Waals surface area contributed by atoms with E-state index in [2.05, 4.69) is 307 Å². The van der Waals surface area contributed by atoms with Crippen molar-refractivity contribution in [2.45, 2.75) is 206 Å². The Morgan fingerprint density at radius 3 is 0.835 bits per heavy atom. The zero-order chi connectivity index (χ0) is 80.6. The Balaban J connectivity index is 0.000000218. The predicted molar refractivity (Wildman–Crippen MR) is 512 cm³/mol. The van der Waals surface area contributed by atoms with Crippen LogP contribution >= 0.6 is 125 Å².